The van der Waals surface area contributed by atoms with Crippen molar-refractivity contribution in [2.75, 3.05) is 13.2 Å². The molecule has 0 N–H and O–H groups in total. The van der Waals surface area contributed by atoms with Crippen molar-refractivity contribution in [3.05, 3.63) is 0 Å². The molecule has 102 valence electrons. The van der Waals surface area contributed by atoms with Crippen LogP contribution < -0.4 is 0 Å². The third kappa shape index (κ3) is 2.85. The van der Waals surface area contributed by atoms with Crippen LogP contribution in [-0.2, 0) is 14.3 Å². The van der Waals surface area contributed by atoms with E-state index in [9.17, 15) is 9.59 Å². The van der Waals surface area contributed by atoms with Crippen LogP contribution in [0, 0.1) is 17.8 Å². The number of hydrogen-bond donors (Lipinski definition) is 0. The Hall–Kier alpha value is -1.06. The molecule has 0 aromatic heterocycles. The number of hydrogen-bond acceptors (Lipinski definition) is 3. The number of ether oxygens (including phenoxy) is 1. The van der Waals surface area contributed by atoms with Crippen molar-refractivity contribution < 1.29 is 14.3 Å². The summed E-state index contributed by atoms with van der Waals surface area (Å²) in [6.45, 7) is 6.15. The summed E-state index contributed by atoms with van der Waals surface area (Å²) in [5, 5.41) is 0. The lowest BCUT2D eigenvalue weighted by Gasteiger charge is -2.28. The Bertz CT molecular complexity index is 330. The Morgan fingerprint density at radius 3 is 2.33 bits per heavy atom. The van der Waals surface area contributed by atoms with Gasteiger partial charge in [0.2, 0.25) is 5.91 Å². The number of rotatable bonds is 5. The maximum atomic E-state index is 12.4. The van der Waals surface area contributed by atoms with Crippen molar-refractivity contribution in [3.8, 4) is 0 Å². The predicted octanol–water partition coefficient (Wildman–Crippen LogP) is 1.83. The molecule has 0 aromatic rings. The van der Waals surface area contributed by atoms with Gasteiger partial charge in [-0.05, 0) is 51.9 Å². The van der Waals surface area contributed by atoms with E-state index in [2.05, 4.69) is 0 Å². The molecular formula is C14H23NO3. The third-order valence-corrected chi connectivity index (χ3v) is 4.10. The standard InChI is InChI=1S/C14H23NO3/c1-4-18-13(16)8-15(9(2)3)14(17)12-6-10-5-11(10)7-12/h9-12H,4-8H2,1-3H3. The second-order valence-corrected chi connectivity index (χ2v) is 5.79. The van der Waals surface area contributed by atoms with Gasteiger partial charge in [-0.3, -0.25) is 9.59 Å². The molecule has 2 atom stereocenters. The summed E-state index contributed by atoms with van der Waals surface area (Å²) in [6, 6.07) is 0.0545. The molecule has 2 rings (SSSR count). The lowest BCUT2D eigenvalue weighted by Crippen LogP contribution is -2.44. The van der Waals surface area contributed by atoms with Crippen LogP contribution in [0.3, 0.4) is 0 Å². The molecule has 0 spiro atoms. The molecule has 18 heavy (non-hydrogen) atoms. The summed E-state index contributed by atoms with van der Waals surface area (Å²) < 4.78 is 4.93. The summed E-state index contributed by atoms with van der Waals surface area (Å²) >= 11 is 0. The van der Waals surface area contributed by atoms with E-state index in [1.807, 2.05) is 13.8 Å². The first kappa shape index (κ1) is 13.4. The van der Waals surface area contributed by atoms with Crippen LogP contribution >= 0.6 is 0 Å². The molecule has 4 nitrogen and oxygen atoms in total. The van der Waals surface area contributed by atoms with Crippen LogP contribution in [0.5, 0.6) is 0 Å². The first-order valence-corrected chi connectivity index (χ1v) is 6.99. The fraction of sp³-hybridized carbons (Fsp3) is 0.857. The van der Waals surface area contributed by atoms with E-state index in [-0.39, 0.29) is 30.4 Å². The maximum absolute atomic E-state index is 12.4. The number of carbonyl (C=O) groups is 2. The molecule has 2 aliphatic carbocycles. The highest BCUT2D eigenvalue weighted by Gasteiger charge is 2.49. The molecule has 1 amide bonds. The minimum Gasteiger partial charge on any atom is -0.465 e. The maximum Gasteiger partial charge on any atom is 0.325 e. The van der Waals surface area contributed by atoms with E-state index in [1.165, 1.54) is 6.42 Å². The molecule has 2 aliphatic rings. The average molecular weight is 253 g/mol. The quantitative estimate of drug-likeness (QED) is 0.702. The van der Waals surface area contributed by atoms with Gasteiger partial charge in [0.15, 0.2) is 0 Å². The molecule has 0 saturated heterocycles. The van der Waals surface area contributed by atoms with Gasteiger partial charge in [-0.25, -0.2) is 0 Å². The molecule has 2 fully saturated rings. The minimum absolute atomic E-state index is 0.0545. The predicted molar refractivity (Wildman–Crippen MR) is 67.8 cm³/mol. The molecule has 0 radical (unpaired) electrons. The van der Waals surface area contributed by atoms with Crippen molar-refractivity contribution in [1.82, 2.24) is 4.90 Å². The van der Waals surface area contributed by atoms with E-state index >= 15 is 0 Å². The highest BCUT2D eigenvalue weighted by Crippen LogP contribution is 2.54. The van der Waals surface area contributed by atoms with E-state index < -0.39 is 0 Å². The van der Waals surface area contributed by atoms with Gasteiger partial charge in [0, 0.05) is 12.0 Å². The Morgan fingerprint density at radius 2 is 1.83 bits per heavy atom. The molecule has 0 heterocycles. The van der Waals surface area contributed by atoms with Crippen molar-refractivity contribution in [2.45, 2.75) is 46.1 Å². The Kier molecular flexibility index (Phi) is 3.93. The summed E-state index contributed by atoms with van der Waals surface area (Å²) in [5.74, 6) is 1.56. The van der Waals surface area contributed by atoms with Gasteiger partial charge in [-0.1, -0.05) is 0 Å². The van der Waals surface area contributed by atoms with E-state index in [1.54, 1.807) is 11.8 Å². The van der Waals surface area contributed by atoms with Gasteiger partial charge in [0.05, 0.1) is 6.61 Å². The van der Waals surface area contributed by atoms with Crippen LogP contribution in [0.25, 0.3) is 0 Å². The van der Waals surface area contributed by atoms with Gasteiger partial charge in [0.25, 0.3) is 0 Å². The van der Waals surface area contributed by atoms with Crippen molar-refractivity contribution >= 4 is 11.9 Å². The molecule has 0 bridgehead atoms. The van der Waals surface area contributed by atoms with Crippen molar-refractivity contribution in [1.29, 1.82) is 0 Å². The minimum atomic E-state index is -0.303. The number of carbonyl (C=O) groups excluding carboxylic acids is 2. The summed E-state index contributed by atoms with van der Waals surface area (Å²) in [5.41, 5.74) is 0. The van der Waals surface area contributed by atoms with Crippen molar-refractivity contribution in [3.63, 3.8) is 0 Å². The van der Waals surface area contributed by atoms with Crippen LogP contribution in [0.1, 0.15) is 40.0 Å². The normalized spacial score (nSPS) is 29.0. The fourth-order valence-corrected chi connectivity index (χ4v) is 3.01. The summed E-state index contributed by atoms with van der Waals surface area (Å²) in [6.07, 6.45) is 3.36. The summed E-state index contributed by atoms with van der Waals surface area (Å²) in [7, 11) is 0. The summed E-state index contributed by atoms with van der Waals surface area (Å²) in [4.78, 5) is 25.6. The molecule has 4 heteroatoms. The molecule has 0 aromatic carbocycles. The topological polar surface area (TPSA) is 46.6 Å². The number of esters is 1. The lowest BCUT2D eigenvalue weighted by molar-refractivity contribution is -0.151. The monoisotopic (exact) mass is 253 g/mol. The highest BCUT2D eigenvalue weighted by molar-refractivity contribution is 5.84. The zero-order valence-corrected chi connectivity index (χ0v) is 11.5. The lowest BCUT2D eigenvalue weighted by atomic mass is 10.0. The molecule has 0 aliphatic heterocycles. The van der Waals surface area contributed by atoms with Crippen molar-refractivity contribution in [2.24, 2.45) is 17.8 Å². The number of fused-ring (bicyclic) bond motifs is 1. The van der Waals surface area contributed by atoms with Gasteiger partial charge >= 0.3 is 5.97 Å². The van der Waals surface area contributed by atoms with Gasteiger partial charge in [-0.15, -0.1) is 0 Å². The van der Waals surface area contributed by atoms with Crippen LogP contribution in [0.15, 0.2) is 0 Å². The van der Waals surface area contributed by atoms with Gasteiger partial charge < -0.3 is 9.64 Å². The van der Waals surface area contributed by atoms with Gasteiger partial charge in [0.1, 0.15) is 6.54 Å². The zero-order valence-electron chi connectivity index (χ0n) is 11.5. The first-order valence-electron chi connectivity index (χ1n) is 6.99. The first-order chi connectivity index (χ1) is 8.52. The SMILES string of the molecule is CCOC(=O)CN(C(=O)C1CC2CC2C1)C(C)C. The second-order valence-electron chi connectivity index (χ2n) is 5.79. The number of nitrogens with zero attached hydrogens (tertiary/aromatic N) is 1. The van der Waals surface area contributed by atoms with Gasteiger partial charge in [-0.2, -0.15) is 0 Å². The molecule has 2 saturated carbocycles. The highest BCUT2D eigenvalue weighted by atomic mass is 16.5. The van der Waals surface area contributed by atoms with Crippen LogP contribution in [-0.4, -0.2) is 36.0 Å². The second kappa shape index (κ2) is 5.29. The number of amides is 1. The van der Waals surface area contributed by atoms with E-state index in [4.69, 9.17) is 4.74 Å². The molecular weight excluding hydrogens is 230 g/mol. The molecule has 2 unspecified atom stereocenters. The van der Waals surface area contributed by atoms with E-state index in [0.717, 1.165) is 24.7 Å². The fourth-order valence-electron chi connectivity index (χ4n) is 3.01. The Labute approximate surface area is 109 Å². The zero-order chi connectivity index (χ0) is 13.3. The van der Waals surface area contributed by atoms with Crippen LogP contribution in [0.4, 0.5) is 0 Å². The third-order valence-electron chi connectivity index (χ3n) is 4.10. The smallest absolute Gasteiger partial charge is 0.325 e. The van der Waals surface area contributed by atoms with Crippen LogP contribution in [0.2, 0.25) is 0 Å². The average Bonchev–Trinajstić information content (AvgIpc) is 2.92. The largest absolute Gasteiger partial charge is 0.465 e. The Morgan fingerprint density at radius 1 is 1.22 bits per heavy atom. The van der Waals surface area contributed by atoms with E-state index in [0.29, 0.717) is 6.61 Å². The Balaban J connectivity index is 1.91.